The van der Waals surface area contributed by atoms with E-state index in [2.05, 4.69) is 32.7 Å². The number of hydrogen-bond donors (Lipinski definition) is 1. The van der Waals surface area contributed by atoms with Gasteiger partial charge in [-0.1, -0.05) is 23.5 Å². The van der Waals surface area contributed by atoms with Gasteiger partial charge in [0, 0.05) is 32.6 Å². The molecule has 0 bridgehead atoms. The molecule has 0 radical (unpaired) electrons. The fourth-order valence-electron chi connectivity index (χ4n) is 3.39. The Labute approximate surface area is 165 Å². The minimum Gasteiger partial charge on any atom is -0.310 e. The van der Waals surface area contributed by atoms with E-state index in [-0.39, 0.29) is 11.8 Å². The van der Waals surface area contributed by atoms with Crippen molar-refractivity contribution in [2.75, 3.05) is 5.32 Å². The summed E-state index contributed by atoms with van der Waals surface area (Å²) >= 11 is 6.75. The number of nitrogens with one attached hydrogen (secondary N) is 1. The van der Waals surface area contributed by atoms with Gasteiger partial charge >= 0.3 is 0 Å². The van der Waals surface area contributed by atoms with E-state index in [0.717, 1.165) is 36.9 Å². The Bertz CT molecular complexity index is 1130. The molecule has 3 aromatic heterocycles. The summed E-state index contributed by atoms with van der Waals surface area (Å²) < 4.78 is 3.92. The van der Waals surface area contributed by atoms with E-state index < -0.39 is 0 Å². The number of anilines is 1. The maximum atomic E-state index is 12.4. The SMILES string of the molecule is Cc1nn(-c2nc3ccccc3s2)c2c1C(c1cc(Br)cs1)CC(=O)N2. The van der Waals surface area contributed by atoms with Crippen molar-refractivity contribution in [3.63, 3.8) is 0 Å². The maximum absolute atomic E-state index is 12.4. The Morgan fingerprint density at radius 2 is 2.19 bits per heavy atom. The quantitative estimate of drug-likeness (QED) is 0.468. The van der Waals surface area contributed by atoms with E-state index in [9.17, 15) is 4.79 Å². The van der Waals surface area contributed by atoms with Crippen LogP contribution in [0, 0.1) is 6.92 Å². The zero-order chi connectivity index (χ0) is 17.8. The maximum Gasteiger partial charge on any atom is 0.226 e. The first-order valence-corrected chi connectivity index (χ1v) is 10.6. The molecule has 0 aliphatic carbocycles. The van der Waals surface area contributed by atoms with Crippen LogP contribution in [0.25, 0.3) is 15.3 Å². The monoisotopic (exact) mass is 444 g/mol. The predicted molar refractivity (Wildman–Crippen MR) is 109 cm³/mol. The Hall–Kier alpha value is -2.03. The number of fused-ring (bicyclic) bond motifs is 2. The van der Waals surface area contributed by atoms with E-state index >= 15 is 0 Å². The lowest BCUT2D eigenvalue weighted by molar-refractivity contribution is -0.116. The first kappa shape index (κ1) is 16.2. The van der Waals surface area contributed by atoms with Crippen molar-refractivity contribution < 1.29 is 4.79 Å². The molecule has 0 saturated carbocycles. The van der Waals surface area contributed by atoms with Gasteiger partial charge in [0.15, 0.2) is 0 Å². The van der Waals surface area contributed by atoms with Gasteiger partial charge < -0.3 is 5.32 Å². The van der Waals surface area contributed by atoms with Crippen LogP contribution in [0.2, 0.25) is 0 Å². The summed E-state index contributed by atoms with van der Waals surface area (Å²) in [6.45, 7) is 2.00. The highest BCUT2D eigenvalue weighted by atomic mass is 79.9. The summed E-state index contributed by atoms with van der Waals surface area (Å²) in [7, 11) is 0. The van der Waals surface area contributed by atoms with Crippen LogP contribution in [0.3, 0.4) is 0 Å². The van der Waals surface area contributed by atoms with Crippen molar-refractivity contribution in [2.24, 2.45) is 0 Å². The van der Waals surface area contributed by atoms with Crippen LogP contribution in [0.4, 0.5) is 5.82 Å². The number of aryl methyl sites for hydroxylation is 1. The third-order valence-electron chi connectivity index (χ3n) is 4.50. The van der Waals surface area contributed by atoms with Crippen LogP contribution in [0.15, 0.2) is 40.2 Å². The van der Waals surface area contributed by atoms with Crippen molar-refractivity contribution in [2.45, 2.75) is 19.3 Å². The molecular formula is C18H13BrN4OS2. The molecule has 1 aromatic carbocycles. The third kappa shape index (κ3) is 2.52. The number of aromatic nitrogens is 3. The molecule has 5 rings (SSSR count). The van der Waals surface area contributed by atoms with E-state index in [1.54, 1.807) is 27.4 Å². The Kier molecular flexibility index (Phi) is 3.73. The highest BCUT2D eigenvalue weighted by molar-refractivity contribution is 9.10. The number of thiazole rings is 1. The van der Waals surface area contributed by atoms with Gasteiger partial charge in [-0.2, -0.15) is 9.78 Å². The normalized spacial score (nSPS) is 16.7. The number of thiophene rings is 1. The predicted octanol–water partition coefficient (Wildman–Crippen LogP) is 5.09. The molecule has 1 N–H and O–H groups in total. The molecule has 1 aliphatic rings. The first-order valence-electron chi connectivity index (χ1n) is 8.09. The van der Waals surface area contributed by atoms with Gasteiger partial charge in [-0.15, -0.1) is 11.3 Å². The van der Waals surface area contributed by atoms with Crippen molar-refractivity contribution in [3.05, 3.63) is 56.3 Å². The van der Waals surface area contributed by atoms with Crippen LogP contribution in [-0.2, 0) is 4.79 Å². The van der Waals surface area contributed by atoms with Crippen LogP contribution in [-0.4, -0.2) is 20.7 Å². The van der Waals surface area contributed by atoms with E-state index in [4.69, 9.17) is 10.1 Å². The second kappa shape index (κ2) is 6.00. The number of halogens is 1. The molecule has 0 saturated heterocycles. The third-order valence-corrected chi connectivity index (χ3v) is 7.32. The smallest absolute Gasteiger partial charge is 0.226 e. The highest BCUT2D eigenvalue weighted by Gasteiger charge is 2.34. The zero-order valence-corrected chi connectivity index (χ0v) is 16.9. The number of para-hydroxylation sites is 1. The summed E-state index contributed by atoms with van der Waals surface area (Å²) in [5, 5.41) is 10.6. The number of rotatable bonds is 2. The molecule has 1 amide bonds. The lowest BCUT2D eigenvalue weighted by Gasteiger charge is -2.22. The Balaban J connectivity index is 1.69. The second-order valence-electron chi connectivity index (χ2n) is 6.20. The van der Waals surface area contributed by atoms with Crippen molar-refractivity contribution in [1.29, 1.82) is 0 Å². The average molecular weight is 445 g/mol. The second-order valence-corrected chi connectivity index (χ2v) is 9.06. The van der Waals surface area contributed by atoms with E-state index in [1.165, 1.54) is 4.88 Å². The van der Waals surface area contributed by atoms with Crippen LogP contribution < -0.4 is 5.32 Å². The number of nitrogens with zero attached hydrogens (tertiary/aromatic N) is 3. The molecule has 0 fully saturated rings. The number of carbonyl (C=O) groups is 1. The number of hydrogen-bond acceptors (Lipinski definition) is 5. The standard InChI is InChI=1S/C18H13BrN4OS2/c1-9-16-11(14-6-10(19)8-25-14)7-15(24)21-17(16)23(22-9)18-20-12-4-2-3-5-13(12)26-18/h2-6,8,11H,7H2,1H3,(H,21,24). The van der Waals surface area contributed by atoms with Gasteiger partial charge in [0.1, 0.15) is 5.82 Å². The van der Waals surface area contributed by atoms with Gasteiger partial charge in [-0.25, -0.2) is 4.98 Å². The molecule has 1 aliphatic heterocycles. The van der Waals surface area contributed by atoms with E-state index in [0.29, 0.717) is 6.42 Å². The molecule has 1 atom stereocenters. The van der Waals surface area contributed by atoms with Crippen molar-refractivity contribution in [1.82, 2.24) is 14.8 Å². The largest absolute Gasteiger partial charge is 0.310 e. The van der Waals surface area contributed by atoms with Gasteiger partial charge in [-0.05, 0) is 41.1 Å². The number of carbonyl (C=O) groups excluding carboxylic acids is 1. The molecule has 26 heavy (non-hydrogen) atoms. The average Bonchev–Trinajstić information content (AvgIpc) is 3.31. The lowest BCUT2D eigenvalue weighted by atomic mass is 9.91. The van der Waals surface area contributed by atoms with Crippen LogP contribution in [0.1, 0.15) is 28.5 Å². The molecule has 130 valence electrons. The zero-order valence-electron chi connectivity index (χ0n) is 13.7. The molecule has 0 spiro atoms. The summed E-state index contributed by atoms with van der Waals surface area (Å²) in [6.07, 6.45) is 0.437. The van der Waals surface area contributed by atoms with Crippen LogP contribution >= 0.6 is 38.6 Å². The Morgan fingerprint density at radius 3 is 2.96 bits per heavy atom. The number of benzene rings is 1. The molecule has 5 nitrogen and oxygen atoms in total. The van der Waals surface area contributed by atoms with Crippen LogP contribution in [0.5, 0.6) is 0 Å². The molecule has 1 unspecified atom stereocenters. The Morgan fingerprint density at radius 1 is 1.35 bits per heavy atom. The summed E-state index contributed by atoms with van der Waals surface area (Å²) in [5.41, 5.74) is 2.95. The van der Waals surface area contributed by atoms with Gasteiger partial charge in [0.25, 0.3) is 0 Å². The van der Waals surface area contributed by atoms with Crippen molar-refractivity contribution in [3.8, 4) is 5.13 Å². The van der Waals surface area contributed by atoms with Crippen molar-refractivity contribution >= 4 is 60.5 Å². The molecule has 4 heterocycles. The van der Waals surface area contributed by atoms with E-state index in [1.807, 2.05) is 31.2 Å². The first-order chi connectivity index (χ1) is 12.6. The molecule has 4 aromatic rings. The minimum absolute atomic E-state index is 0.00860. The molecular weight excluding hydrogens is 432 g/mol. The van der Waals surface area contributed by atoms with Gasteiger partial charge in [-0.3, -0.25) is 4.79 Å². The van der Waals surface area contributed by atoms with Gasteiger partial charge in [0.05, 0.1) is 15.9 Å². The molecule has 8 heteroatoms. The minimum atomic E-state index is 0.00860. The summed E-state index contributed by atoms with van der Waals surface area (Å²) in [6, 6.07) is 10.1. The summed E-state index contributed by atoms with van der Waals surface area (Å²) in [4.78, 5) is 18.3. The van der Waals surface area contributed by atoms with Gasteiger partial charge in [0.2, 0.25) is 11.0 Å². The highest BCUT2D eigenvalue weighted by Crippen LogP contribution is 2.43. The topological polar surface area (TPSA) is 59.8 Å². The fourth-order valence-corrected chi connectivity index (χ4v) is 5.87. The number of amides is 1. The fraction of sp³-hybridized carbons (Fsp3) is 0.167. The lowest BCUT2D eigenvalue weighted by Crippen LogP contribution is -2.24. The summed E-state index contributed by atoms with van der Waals surface area (Å²) in [5.74, 6) is 0.778.